The Balaban J connectivity index is 1.22. The zero-order valence-corrected chi connectivity index (χ0v) is 24.4. The van der Waals surface area contributed by atoms with Gasteiger partial charge in [0.2, 0.25) is 0 Å². The first-order valence-corrected chi connectivity index (χ1v) is 16.0. The average Bonchev–Trinajstić information content (AvgIpc) is 3.10. The van der Waals surface area contributed by atoms with Crippen molar-refractivity contribution in [1.82, 2.24) is 14.5 Å². The zero-order chi connectivity index (χ0) is 27.7. The van der Waals surface area contributed by atoms with E-state index >= 15 is 0 Å². The lowest BCUT2D eigenvalue weighted by Crippen LogP contribution is -2.60. The highest BCUT2D eigenvalue weighted by Crippen LogP contribution is 2.49. The molecular weight excluding hydrogens is 500 g/mol. The van der Waals surface area contributed by atoms with Crippen molar-refractivity contribution < 1.29 is 9.90 Å². The van der Waals surface area contributed by atoms with Crippen LogP contribution in [0, 0.1) is 35.5 Å². The van der Waals surface area contributed by atoms with Crippen LogP contribution < -0.4 is 10.5 Å². The van der Waals surface area contributed by atoms with Crippen molar-refractivity contribution in [1.29, 1.82) is 0 Å². The lowest BCUT2D eigenvalue weighted by atomic mass is 9.73. The molecule has 7 heteroatoms. The molecule has 4 bridgehead atoms. The van der Waals surface area contributed by atoms with Crippen molar-refractivity contribution in [2.45, 2.75) is 103 Å². The van der Waals surface area contributed by atoms with E-state index in [1.165, 1.54) is 44.9 Å². The minimum absolute atomic E-state index is 0.0430. The summed E-state index contributed by atoms with van der Waals surface area (Å²) in [5, 5.41) is 9.41. The van der Waals surface area contributed by atoms with E-state index < -0.39 is 11.9 Å². The molecule has 2 saturated carbocycles. The van der Waals surface area contributed by atoms with Gasteiger partial charge in [-0.15, -0.1) is 0 Å². The third-order valence-electron chi connectivity index (χ3n) is 11.7. The van der Waals surface area contributed by atoms with Gasteiger partial charge in [-0.25, -0.2) is 4.98 Å². The minimum atomic E-state index is -0.793. The number of nitrogens with zero attached hydrogens (tertiary/aromatic N) is 4. The Kier molecular flexibility index (Phi) is 6.72. The fourth-order valence-electron chi connectivity index (χ4n) is 9.77. The second-order valence-corrected chi connectivity index (χ2v) is 14.4. The molecule has 40 heavy (non-hydrogen) atoms. The molecule has 1 aromatic heterocycles. The van der Waals surface area contributed by atoms with E-state index in [4.69, 9.17) is 4.98 Å². The summed E-state index contributed by atoms with van der Waals surface area (Å²) in [7, 11) is 0. The summed E-state index contributed by atoms with van der Waals surface area (Å²) in [6, 6.07) is 9.90. The molecule has 7 nitrogen and oxygen atoms in total. The predicted octanol–water partition coefficient (Wildman–Crippen LogP) is 5.57. The number of rotatable bonds is 4. The Labute approximate surface area is 237 Å². The maximum atomic E-state index is 14.1. The third kappa shape index (κ3) is 4.47. The van der Waals surface area contributed by atoms with Gasteiger partial charge in [0.25, 0.3) is 5.56 Å². The molecule has 3 aliphatic heterocycles. The largest absolute Gasteiger partial charge is 0.481 e. The molecule has 216 valence electrons. The van der Waals surface area contributed by atoms with E-state index in [0.29, 0.717) is 43.0 Å². The summed E-state index contributed by atoms with van der Waals surface area (Å²) >= 11 is 0. The minimum Gasteiger partial charge on any atom is -0.481 e. The molecule has 0 spiro atoms. The quantitative estimate of drug-likeness (QED) is 0.540. The second kappa shape index (κ2) is 10.1. The van der Waals surface area contributed by atoms with Gasteiger partial charge in [0.15, 0.2) is 5.82 Å². The van der Waals surface area contributed by atoms with Gasteiger partial charge in [-0.1, -0.05) is 32.9 Å². The lowest BCUT2D eigenvalue weighted by Gasteiger charge is -2.56. The van der Waals surface area contributed by atoms with Gasteiger partial charge >= 0.3 is 5.97 Å². The van der Waals surface area contributed by atoms with Gasteiger partial charge in [0.05, 0.1) is 17.0 Å². The number of carboxylic acids is 1. The van der Waals surface area contributed by atoms with Crippen LogP contribution in [0.5, 0.6) is 0 Å². The second-order valence-electron chi connectivity index (χ2n) is 14.4. The smallest absolute Gasteiger partial charge is 0.310 e. The van der Waals surface area contributed by atoms with Crippen LogP contribution in [0.25, 0.3) is 11.0 Å². The molecule has 2 aliphatic carbocycles. The van der Waals surface area contributed by atoms with Crippen LogP contribution in [0.3, 0.4) is 0 Å². The maximum Gasteiger partial charge on any atom is 0.310 e. The number of fused-ring (bicyclic) bond motifs is 6. The van der Waals surface area contributed by atoms with Crippen molar-refractivity contribution in [3.63, 3.8) is 0 Å². The van der Waals surface area contributed by atoms with Crippen molar-refractivity contribution in [2.75, 3.05) is 18.0 Å². The van der Waals surface area contributed by atoms with Crippen LogP contribution in [0.4, 0.5) is 5.82 Å². The van der Waals surface area contributed by atoms with E-state index in [2.05, 4.69) is 30.2 Å². The summed E-state index contributed by atoms with van der Waals surface area (Å²) in [5.41, 5.74) is 1.71. The molecule has 3 saturated heterocycles. The summed E-state index contributed by atoms with van der Waals surface area (Å²) in [6.07, 6.45) is 11.5. The predicted molar refractivity (Wildman–Crippen MR) is 158 cm³/mol. The van der Waals surface area contributed by atoms with Gasteiger partial charge in [-0.2, -0.15) is 0 Å². The van der Waals surface area contributed by atoms with Gasteiger partial charge in [-0.3, -0.25) is 14.5 Å². The Bertz CT molecular complexity index is 1330. The number of hydrogen-bond donors (Lipinski definition) is 1. The third-order valence-corrected chi connectivity index (χ3v) is 11.7. The molecule has 1 unspecified atom stereocenters. The molecule has 5 aliphatic rings. The number of benzene rings is 1. The molecule has 9 atom stereocenters. The first-order chi connectivity index (χ1) is 19.3. The van der Waals surface area contributed by atoms with Gasteiger partial charge in [-0.05, 0) is 99.5 Å². The Morgan fingerprint density at radius 2 is 1.68 bits per heavy atom. The summed E-state index contributed by atoms with van der Waals surface area (Å²) in [6.45, 7) is 8.16. The first kappa shape index (κ1) is 26.5. The number of carboxylic acid groups (broad SMARTS) is 1. The molecule has 0 amide bonds. The van der Waals surface area contributed by atoms with Crippen LogP contribution in [-0.4, -0.2) is 56.7 Å². The number of hydrogen-bond acceptors (Lipinski definition) is 5. The number of para-hydroxylation sites is 2. The molecule has 1 N–H and O–H groups in total. The van der Waals surface area contributed by atoms with Crippen LogP contribution >= 0.6 is 0 Å². The van der Waals surface area contributed by atoms with Gasteiger partial charge in [0.1, 0.15) is 0 Å². The number of carbonyl (C=O) groups is 1. The average molecular weight is 547 g/mol. The highest BCUT2D eigenvalue weighted by Gasteiger charge is 2.48. The fraction of sp³-hybridized carbons (Fsp3) is 0.727. The van der Waals surface area contributed by atoms with E-state index in [1.807, 2.05) is 29.2 Å². The summed E-state index contributed by atoms with van der Waals surface area (Å²) in [5.74, 6) is 3.26. The number of anilines is 1. The molecule has 0 radical (unpaired) electrons. The monoisotopic (exact) mass is 546 g/mol. The number of aromatic nitrogens is 2. The van der Waals surface area contributed by atoms with Crippen LogP contribution in [-0.2, 0) is 4.79 Å². The topological polar surface area (TPSA) is 78.7 Å². The van der Waals surface area contributed by atoms with Crippen LogP contribution in [0.2, 0.25) is 0 Å². The van der Waals surface area contributed by atoms with Crippen LogP contribution in [0.15, 0.2) is 29.1 Å². The Hall–Kier alpha value is -2.41. The lowest BCUT2D eigenvalue weighted by molar-refractivity contribution is -0.142. The van der Waals surface area contributed by atoms with Crippen molar-refractivity contribution >= 4 is 22.8 Å². The maximum absolute atomic E-state index is 14.1. The molecule has 5 fully saturated rings. The van der Waals surface area contributed by atoms with Crippen LogP contribution in [0.1, 0.15) is 84.6 Å². The molecule has 1 aromatic carbocycles. The summed E-state index contributed by atoms with van der Waals surface area (Å²) < 4.78 is 2.06. The number of aliphatic carboxylic acids is 1. The van der Waals surface area contributed by atoms with E-state index in [1.54, 1.807) is 0 Å². The van der Waals surface area contributed by atoms with Gasteiger partial charge < -0.3 is 14.6 Å². The highest BCUT2D eigenvalue weighted by atomic mass is 16.4. The SMILES string of the molecule is CC1C[C@@H]2C[C@H](C)C[C@H]1C[C@H](N1[C@@H]3CC[C@H](C)[C@H]1C[C@@H](n1c(=O)c(N4CC(C(=O)O)C4)nc4ccccc41)C3)C2. The molecule has 7 rings (SSSR count). The van der Waals surface area contributed by atoms with E-state index in [9.17, 15) is 14.7 Å². The fourth-order valence-corrected chi connectivity index (χ4v) is 9.77. The van der Waals surface area contributed by atoms with Crippen molar-refractivity contribution in [2.24, 2.45) is 35.5 Å². The highest BCUT2D eigenvalue weighted by molar-refractivity contribution is 5.78. The Morgan fingerprint density at radius 3 is 2.48 bits per heavy atom. The Morgan fingerprint density at radius 1 is 0.875 bits per heavy atom. The van der Waals surface area contributed by atoms with Crippen molar-refractivity contribution in [3.05, 3.63) is 34.6 Å². The van der Waals surface area contributed by atoms with E-state index in [0.717, 1.165) is 47.5 Å². The normalized spacial score (nSPS) is 38.6. The summed E-state index contributed by atoms with van der Waals surface area (Å²) in [4.78, 5) is 35.2. The molecule has 4 heterocycles. The van der Waals surface area contributed by atoms with Crippen molar-refractivity contribution in [3.8, 4) is 0 Å². The molecule has 2 aromatic rings. The van der Waals surface area contributed by atoms with E-state index in [-0.39, 0.29) is 11.6 Å². The van der Waals surface area contributed by atoms with Gasteiger partial charge in [0, 0.05) is 37.3 Å². The number of piperidine rings is 2. The first-order valence-electron chi connectivity index (χ1n) is 16.0. The molecular formula is C33H46N4O3. The zero-order valence-electron chi connectivity index (χ0n) is 24.4. The standard InChI is InChI=1S/C33H46N4O3/c1-19-10-22-12-21(3)23(11-19)14-26(13-22)36-25-9-8-20(2)30(36)16-27(15-25)37-29-7-5-4-6-28(29)34-31(32(37)38)35-17-24(18-35)33(39)40/h4-7,19-27,30H,8-18H2,1-3H3,(H,39,40)/t19-,20-,21?,22-,23-,25+,26+,27-,30+/m0/s1.